The smallest absolute Gasteiger partial charge is 0.352 e. The molecule has 0 spiro atoms. The number of aliphatic carboxylic acids is 1. The van der Waals surface area contributed by atoms with Crippen molar-refractivity contribution < 1.29 is 14.7 Å². The van der Waals surface area contributed by atoms with Crippen LogP contribution in [0.2, 0.25) is 0 Å². The Labute approximate surface area is 64.1 Å². The number of carboxylic acid groups (broad SMARTS) is 1. The molecule has 0 bridgehead atoms. The fourth-order valence-electron chi connectivity index (χ4n) is 0.934. The Morgan fingerprint density at radius 2 is 2.09 bits per heavy atom. The van der Waals surface area contributed by atoms with Crippen LogP contribution in [-0.2, 0) is 9.59 Å². The van der Waals surface area contributed by atoms with Gasteiger partial charge in [0.05, 0.1) is 0 Å². The van der Waals surface area contributed by atoms with Crippen LogP contribution < -0.4 is 0 Å². The van der Waals surface area contributed by atoms with Gasteiger partial charge in [0, 0.05) is 19.2 Å². The summed E-state index contributed by atoms with van der Waals surface area (Å²) in [5.41, 5.74) is 0.103. The van der Waals surface area contributed by atoms with Crippen molar-refractivity contribution in [3.05, 3.63) is 11.8 Å². The lowest BCUT2D eigenvalue weighted by Gasteiger charge is -2.32. The predicted molar refractivity (Wildman–Crippen MR) is 38.0 cm³/mol. The first-order chi connectivity index (χ1) is 5.25. The van der Waals surface area contributed by atoms with Crippen LogP contribution in [0, 0.1) is 0 Å². The van der Waals surface area contributed by atoms with E-state index < -0.39 is 5.97 Å². The third-order valence-electron chi connectivity index (χ3n) is 1.64. The van der Waals surface area contributed by atoms with Gasteiger partial charge in [-0.25, -0.2) is 4.79 Å². The summed E-state index contributed by atoms with van der Waals surface area (Å²) < 4.78 is 0. The van der Waals surface area contributed by atoms with Gasteiger partial charge in [0.15, 0.2) is 0 Å². The van der Waals surface area contributed by atoms with E-state index in [4.69, 9.17) is 5.11 Å². The number of allylic oxidation sites excluding steroid dienone is 1. The van der Waals surface area contributed by atoms with E-state index in [2.05, 4.69) is 0 Å². The molecular weight excluding hydrogens is 146 g/mol. The van der Waals surface area contributed by atoms with Gasteiger partial charge in [-0.05, 0) is 6.42 Å². The first kappa shape index (κ1) is 7.78. The van der Waals surface area contributed by atoms with Gasteiger partial charge < -0.3 is 10.0 Å². The molecule has 0 aromatic rings. The van der Waals surface area contributed by atoms with Crippen molar-refractivity contribution in [3.8, 4) is 0 Å². The Morgan fingerprint density at radius 3 is 2.36 bits per heavy atom. The van der Waals surface area contributed by atoms with Crippen molar-refractivity contribution in [2.45, 2.75) is 6.42 Å². The van der Waals surface area contributed by atoms with Crippen molar-refractivity contribution in [1.29, 1.82) is 0 Å². The third-order valence-corrected chi connectivity index (χ3v) is 1.64. The van der Waals surface area contributed by atoms with E-state index >= 15 is 0 Å². The summed E-state index contributed by atoms with van der Waals surface area (Å²) in [5.74, 6) is -1.03. The van der Waals surface area contributed by atoms with Gasteiger partial charge in [0.25, 0.3) is 0 Å². The Bertz CT molecular complexity index is 206. The Hall–Kier alpha value is -1.32. The molecule has 1 heterocycles. The summed E-state index contributed by atoms with van der Waals surface area (Å²) >= 11 is 0. The number of rotatable bonds is 3. The minimum Gasteiger partial charge on any atom is -0.477 e. The number of carbonyl (C=O) groups is 2. The van der Waals surface area contributed by atoms with Crippen LogP contribution in [0.15, 0.2) is 11.8 Å². The molecule has 1 aliphatic rings. The zero-order valence-electron chi connectivity index (χ0n) is 5.99. The molecule has 0 aliphatic carbocycles. The van der Waals surface area contributed by atoms with Gasteiger partial charge in [-0.15, -0.1) is 0 Å². The van der Waals surface area contributed by atoms with Crippen LogP contribution in [0.1, 0.15) is 6.42 Å². The Morgan fingerprint density at radius 1 is 1.45 bits per heavy atom. The predicted octanol–water partition coefficient (Wildman–Crippen LogP) is -0.141. The van der Waals surface area contributed by atoms with Crippen LogP contribution in [0.4, 0.5) is 0 Å². The molecule has 0 radical (unpaired) electrons. The second-order valence-corrected chi connectivity index (χ2v) is 2.33. The van der Waals surface area contributed by atoms with Crippen molar-refractivity contribution in [3.63, 3.8) is 0 Å². The molecule has 4 heteroatoms. The molecule has 60 valence electrons. The van der Waals surface area contributed by atoms with Gasteiger partial charge in [-0.2, -0.15) is 0 Å². The maximum atomic E-state index is 10.5. The number of hydrogen-bond acceptors (Lipinski definition) is 3. The van der Waals surface area contributed by atoms with Crippen LogP contribution in [-0.4, -0.2) is 35.4 Å². The molecule has 1 aliphatic heterocycles. The van der Waals surface area contributed by atoms with E-state index in [-0.39, 0.29) is 5.70 Å². The first-order valence-corrected chi connectivity index (χ1v) is 3.39. The highest BCUT2D eigenvalue weighted by atomic mass is 16.4. The molecule has 0 aromatic heterocycles. The van der Waals surface area contributed by atoms with Gasteiger partial charge in [0.1, 0.15) is 12.0 Å². The molecule has 4 nitrogen and oxygen atoms in total. The molecular formula is C7H9NO3. The highest BCUT2D eigenvalue weighted by molar-refractivity contribution is 5.90. The van der Waals surface area contributed by atoms with Gasteiger partial charge in [-0.3, -0.25) is 4.79 Å². The summed E-state index contributed by atoms with van der Waals surface area (Å²) in [5, 5.41) is 8.57. The fraction of sp³-hybridized carbons (Fsp3) is 0.429. The number of likely N-dealkylation sites (tertiary alicyclic amines) is 1. The summed E-state index contributed by atoms with van der Waals surface area (Å²) in [7, 11) is 0. The minimum absolute atomic E-state index is 0.103. The standard InChI is InChI=1S/C7H9NO3/c9-5-2-6(7(10)11)8-3-1-4-8/h2,5H,1,3-4H2,(H,10,11). The lowest BCUT2D eigenvalue weighted by molar-refractivity contribution is -0.135. The lowest BCUT2D eigenvalue weighted by Crippen LogP contribution is -2.39. The molecule has 0 atom stereocenters. The topological polar surface area (TPSA) is 57.6 Å². The Balaban J connectivity index is 2.65. The van der Waals surface area contributed by atoms with Gasteiger partial charge in [0.2, 0.25) is 0 Å². The molecule has 1 fully saturated rings. The molecule has 0 saturated carbocycles. The van der Waals surface area contributed by atoms with E-state index in [1.807, 2.05) is 0 Å². The third kappa shape index (κ3) is 1.58. The molecule has 11 heavy (non-hydrogen) atoms. The zero-order valence-corrected chi connectivity index (χ0v) is 5.99. The number of nitrogens with zero attached hydrogens (tertiary/aromatic N) is 1. The van der Waals surface area contributed by atoms with E-state index in [0.717, 1.165) is 25.6 Å². The molecule has 0 aromatic carbocycles. The summed E-state index contributed by atoms with van der Waals surface area (Å²) in [4.78, 5) is 22.1. The normalized spacial score (nSPS) is 17.5. The van der Waals surface area contributed by atoms with Gasteiger partial charge in [-0.1, -0.05) is 0 Å². The summed E-state index contributed by atoms with van der Waals surface area (Å²) in [6, 6.07) is 0. The highest BCUT2D eigenvalue weighted by Gasteiger charge is 2.21. The second-order valence-electron chi connectivity index (χ2n) is 2.33. The summed E-state index contributed by atoms with van der Waals surface area (Å²) in [6.45, 7) is 1.48. The molecule has 0 amide bonds. The quantitative estimate of drug-likeness (QED) is 0.455. The number of aldehydes is 1. The van der Waals surface area contributed by atoms with Crippen molar-refractivity contribution >= 4 is 12.3 Å². The number of carbonyl (C=O) groups excluding carboxylic acids is 1. The molecule has 1 saturated heterocycles. The second kappa shape index (κ2) is 3.18. The van der Waals surface area contributed by atoms with E-state index in [1.165, 1.54) is 0 Å². The average molecular weight is 155 g/mol. The first-order valence-electron chi connectivity index (χ1n) is 3.39. The van der Waals surface area contributed by atoms with Crippen molar-refractivity contribution in [2.24, 2.45) is 0 Å². The zero-order chi connectivity index (χ0) is 8.27. The van der Waals surface area contributed by atoms with E-state index in [1.54, 1.807) is 4.90 Å². The number of carboxylic acids is 1. The van der Waals surface area contributed by atoms with Crippen LogP contribution in [0.3, 0.4) is 0 Å². The molecule has 0 unspecified atom stereocenters. The molecule has 1 rings (SSSR count). The van der Waals surface area contributed by atoms with Gasteiger partial charge >= 0.3 is 5.97 Å². The maximum Gasteiger partial charge on any atom is 0.352 e. The minimum atomic E-state index is -1.03. The van der Waals surface area contributed by atoms with Crippen molar-refractivity contribution in [1.82, 2.24) is 4.90 Å². The van der Waals surface area contributed by atoms with Crippen molar-refractivity contribution in [2.75, 3.05) is 13.1 Å². The fourth-order valence-corrected chi connectivity index (χ4v) is 0.934. The van der Waals surface area contributed by atoms with Crippen LogP contribution >= 0.6 is 0 Å². The van der Waals surface area contributed by atoms with E-state index in [0.29, 0.717) is 6.29 Å². The number of hydrogen-bond donors (Lipinski definition) is 1. The lowest BCUT2D eigenvalue weighted by atomic mass is 10.2. The Kier molecular flexibility index (Phi) is 2.25. The maximum absolute atomic E-state index is 10.5. The van der Waals surface area contributed by atoms with Crippen LogP contribution in [0.25, 0.3) is 0 Å². The van der Waals surface area contributed by atoms with Crippen LogP contribution in [0.5, 0.6) is 0 Å². The van der Waals surface area contributed by atoms with E-state index in [9.17, 15) is 9.59 Å². The summed E-state index contributed by atoms with van der Waals surface area (Å²) in [6.07, 6.45) is 2.59. The largest absolute Gasteiger partial charge is 0.477 e. The molecule has 1 N–H and O–H groups in total. The monoisotopic (exact) mass is 155 g/mol. The highest BCUT2D eigenvalue weighted by Crippen LogP contribution is 2.13. The SMILES string of the molecule is O=CC=C(C(=O)O)N1CCC1. The average Bonchev–Trinajstić information content (AvgIpc) is 1.82.